The van der Waals surface area contributed by atoms with Crippen molar-refractivity contribution >= 4 is 32.4 Å². The number of sulfonamides is 1. The number of hydrogen-bond donors (Lipinski definition) is 1. The van der Waals surface area contributed by atoms with Crippen LogP contribution in [-0.2, 0) is 23.0 Å². The van der Waals surface area contributed by atoms with Gasteiger partial charge >= 0.3 is 0 Å². The van der Waals surface area contributed by atoms with E-state index in [1.54, 1.807) is 30.3 Å². The highest BCUT2D eigenvalue weighted by Gasteiger charge is 2.31. The van der Waals surface area contributed by atoms with Crippen molar-refractivity contribution in [2.24, 2.45) is 0 Å². The van der Waals surface area contributed by atoms with Crippen LogP contribution in [-0.4, -0.2) is 35.1 Å². The second-order valence-electron chi connectivity index (χ2n) is 7.64. The molecule has 0 aliphatic carbocycles. The topological polar surface area (TPSA) is 105 Å². The van der Waals surface area contributed by atoms with E-state index in [1.807, 2.05) is 31.2 Å². The van der Waals surface area contributed by atoms with Gasteiger partial charge in [0.2, 0.25) is 10.0 Å². The van der Waals surface area contributed by atoms with Crippen LogP contribution < -0.4 is 5.32 Å². The highest BCUT2D eigenvalue weighted by molar-refractivity contribution is 7.89. The SMILES string of the molecule is Cc1cccc(-c2ocnc2C(=O)Nc2nc3c(s2)CN(S(=O)(=O)c2ccccc2)CC3)c1. The summed E-state index contributed by atoms with van der Waals surface area (Å²) in [4.78, 5) is 22.6. The predicted octanol–water partition coefficient (Wildman–Crippen LogP) is 4.11. The molecule has 0 atom stereocenters. The van der Waals surface area contributed by atoms with E-state index in [0.717, 1.165) is 21.7 Å². The van der Waals surface area contributed by atoms with Gasteiger partial charge < -0.3 is 4.42 Å². The van der Waals surface area contributed by atoms with E-state index in [0.29, 0.717) is 23.9 Å². The fraction of sp³-hybridized carbons (Fsp3) is 0.174. The number of oxazole rings is 1. The minimum atomic E-state index is -3.59. The first kappa shape index (κ1) is 21.5. The summed E-state index contributed by atoms with van der Waals surface area (Å²) in [6.07, 6.45) is 1.72. The zero-order valence-corrected chi connectivity index (χ0v) is 19.3. The van der Waals surface area contributed by atoms with Crippen molar-refractivity contribution in [3.05, 3.63) is 82.8 Å². The van der Waals surface area contributed by atoms with Crippen molar-refractivity contribution in [1.82, 2.24) is 14.3 Å². The number of carbonyl (C=O) groups is 1. The first-order chi connectivity index (χ1) is 15.9. The van der Waals surface area contributed by atoms with Gasteiger partial charge in [-0.15, -0.1) is 11.3 Å². The lowest BCUT2D eigenvalue weighted by molar-refractivity contribution is 0.102. The van der Waals surface area contributed by atoms with Crippen molar-refractivity contribution in [2.45, 2.75) is 24.8 Å². The Morgan fingerprint density at radius 2 is 1.97 bits per heavy atom. The Morgan fingerprint density at radius 3 is 2.76 bits per heavy atom. The maximum Gasteiger partial charge on any atom is 0.280 e. The number of rotatable bonds is 5. The standard InChI is InChI=1S/C23H20N4O4S2/c1-15-6-5-7-16(12-15)21-20(24-14-31-21)22(28)26-23-25-18-10-11-27(13-19(18)32-23)33(29,30)17-8-3-2-4-9-17/h2-9,12,14H,10-11,13H2,1H3,(H,25,26,28). The molecule has 33 heavy (non-hydrogen) atoms. The van der Waals surface area contributed by atoms with Gasteiger partial charge in [0, 0.05) is 23.4 Å². The number of amides is 1. The van der Waals surface area contributed by atoms with Crippen LogP contribution in [0.3, 0.4) is 0 Å². The third-order valence-corrected chi connectivity index (χ3v) is 8.22. The van der Waals surface area contributed by atoms with Crippen molar-refractivity contribution in [3.8, 4) is 11.3 Å². The molecule has 2 aromatic carbocycles. The van der Waals surface area contributed by atoms with Crippen LogP contribution in [0.15, 0.2) is 70.3 Å². The van der Waals surface area contributed by atoms with Gasteiger partial charge in [0.1, 0.15) is 0 Å². The average Bonchev–Trinajstić information content (AvgIpc) is 3.46. The number of carbonyl (C=O) groups excluding carboxylic acids is 1. The fourth-order valence-corrected chi connectivity index (χ4v) is 6.26. The van der Waals surface area contributed by atoms with Gasteiger partial charge in [0.05, 0.1) is 17.1 Å². The van der Waals surface area contributed by atoms with Gasteiger partial charge in [-0.3, -0.25) is 10.1 Å². The lowest BCUT2D eigenvalue weighted by Crippen LogP contribution is -2.35. The second kappa shape index (κ2) is 8.54. The monoisotopic (exact) mass is 480 g/mol. The highest BCUT2D eigenvalue weighted by atomic mass is 32.2. The Balaban J connectivity index is 1.34. The van der Waals surface area contributed by atoms with Crippen molar-refractivity contribution in [2.75, 3.05) is 11.9 Å². The number of nitrogens with zero attached hydrogens (tertiary/aromatic N) is 3. The molecule has 10 heteroatoms. The van der Waals surface area contributed by atoms with Gasteiger partial charge in [0.15, 0.2) is 23.0 Å². The average molecular weight is 481 g/mol. The zero-order valence-electron chi connectivity index (χ0n) is 17.7. The number of benzene rings is 2. The molecule has 0 fully saturated rings. The molecule has 1 N–H and O–H groups in total. The maximum atomic E-state index is 13.0. The van der Waals surface area contributed by atoms with Crippen molar-refractivity contribution in [3.63, 3.8) is 0 Å². The first-order valence-electron chi connectivity index (χ1n) is 10.3. The van der Waals surface area contributed by atoms with Crippen molar-refractivity contribution in [1.29, 1.82) is 0 Å². The molecular formula is C23H20N4O4S2. The molecule has 3 heterocycles. The number of fused-ring (bicyclic) bond motifs is 1. The van der Waals surface area contributed by atoms with Gasteiger partial charge in [-0.2, -0.15) is 4.31 Å². The molecule has 0 spiro atoms. The Labute approximate surface area is 195 Å². The summed E-state index contributed by atoms with van der Waals surface area (Å²) in [7, 11) is -3.59. The molecule has 0 unspecified atom stereocenters. The van der Waals surface area contributed by atoms with Crippen LogP contribution in [0, 0.1) is 6.92 Å². The summed E-state index contributed by atoms with van der Waals surface area (Å²) in [5, 5.41) is 3.19. The molecule has 2 aromatic heterocycles. The summed E-state index contributed by atoms with van der Waals surface area (Å²) in [6.45, 7) is 2.52. The van der Waals surface area contributed by atoms with Crippen LogP contribution in [0.1, 0.15) is 26.6 Å². The normalized spacial score (nSPS) is 14.1. The molecule has 0 bridgehead atoms. The minimum absolute atomic E-state index is 0.169. The molecule has 1 aliphatic heterocycles. The summed E-state index contributed by atoms with van der Waals surface area (Å²) in [5.41, 5.74) is 2.77. The summed E-state index contributed by atoms with van der Waals surface area (Å²) in [6, 6.07) is 16.0. The number of hydrogen-bond acceptors (Lipinski definition) is 7. The summed E-state index contributed by atoms with van der Waals surface area (Å²) >= 11 is 1.27. The highest BCUT2D eigenvalue weighted by Crippen LogP contribution is 2.32. The minimum Gasteiger partial charge on any atom is -0.443 e. The number of anilines is 1. The summed E-state index contributed by atoms with van der Waals surface area (Å²) < 4.78 is 32.8. The molecule has 0 saturated carbocycles. The maximum absolute atomic E-state index is 13.0. The van der Waals surface area contributed by atoms with E-state index in [-0.39, 0.29) is 17.1 Å². The van der Waals surface area contributed by atoms with Gasteiger partial charge in [-0.1, -0.05) is 42.0 Å². The molecule has 5 rings (SSSR count). The summed E-state index contributed by atoms with van der Waals surface area (Å²) in [5.74, 6) is -0.0437. The lowest BCUT2D eigenvalue weighted by atomic mass is 10.1. The quantitative estimate of drug-likeness (QED) is 0.461. The van der Waals surface area contributed by atoms with E-state index >= 15 is 0 Å². The smallest absolute Gasteiger partial charge is 0.280 e. The van der Waals surface area contributed by atoms with Gasteiger partial charge in [0.25, 0.3) is 5.91 Å². The number of aromatic nitrogens is 2. The van der Waals surface area contributed by atoms with E-state index < -0.39 is 15.9 Å². The molecule has 0 saturated heterocycles. The van der Waals surface area contributed by atoms with E-state index in [4.69, 9.17) is 4.42 Å². The van der Waals surface area contributed by atoms with Crippen LogP contribution >= 0.6 is 11.3 Å². The van der Waals surface area contributed by atoms with Crippen LogP contribution in [0.2, 0.25) is 0 Å². The number of thiazole rings is 1. The molecule has 8 nitrogen and oxygen atoms in total. The predicted molar refractivity (Wildman–Crippen MR) is 124 cm³/mol. The van der Waals surface area contributed by atoms with Crippen molar-refractivity contribution < 1.29 is 17.6 Å². The van der Waals surface area contributed by atoms with E-state index in [2.05, 4.69) is 15.3 Å². The third kappa shape index (κ3) is 4.20. The zero-order chi connectivity index (χ0) is 23.0. The molecule has 4 aromatic rings. The number of nitrogens with one attached hydrogen (secondary N) is 1. The molecule has 0 radical (unpaired) electrons. The Morgan fingerprint density at radius 1 is 1.15 bits per heavy atom. The largest absolute Gasteiger partial charge is 0.443 e. The second-order valence-corrected chi connectivity index (χ2v) is 10.7. The third-order valence-electron chi connectivity index (χ3n) is 5.36. The number of aryl methyl sites for hydroxylation is 1. The van der Waals surface area contributed by atoms with Gasteiger partial charge in [-0.05, 0) is 25.1 Å². The first-order valence-corrected chi connectivity index (χ1v) is 12.5. The molecule has 1 aliphatic rings. The van der Waals surface area contributed by atoms with Crippen LogP contribution in [0.25, 0.3) is 11.3 Å². The fourth-order valence-electron chi connectivity index (χ4n) is 3.73. The Bertz CT molecular complexity index is 1430. The van der Waals surface area contributed by atoms with Gasteiger partial charge in [-0.25, -0.2) is 18.4 Å². The molecular weight excluding hydrogens is 460 g/mol. The van der Waals surface area contributed by atoms with E-state index in [1.165, 1.54) is 22.0 Å². The molecule has 168 valence electrons. The van der Waals surface area contributed by atoms with E-state index in [9.17, 15) is 13.2 Å². The Hall–Kier alpha value is -3.34. The lowest BCUT2D eigenvalue weighted by Gasteiger charge is -2.25. The van der Waals surface area contributed by atoms with Crippen LogP contribution in [0.5, 0.6) is 0 Å². The molecule has 1 amide bonds. The Kier molecular flexibility index (Phi) is 5.57. The van der Waals surface area contributed by atoms with Crippen LogP contribution in [0.4, 0.5) is 5.13 Å².